The summed E-state index contributed by atoms with van der Waals surface area (Å²) in [5, 5.41) is 3.56. The SMILES string of the molecule is CC(C)NCc1ccc(S(=O)(=O)N2CCSC(C)C2C)o1. The van der Waals surface area contributed by atoms with Crippen LogP contribution >= 0.6 is 11.8 Å². The summed E-state index contributed by atoms with van der Waals surface area (Å²) in [6.45, 7) is 9.17. The van der Waals surface area contributed by atoms with Crippen molar-refractivity contribution in [3.63, 3.8) is 0 Å². The highest BCUT2D eigenvalue weighted by Gasteiger charge is 2.36. The van der Waals surface area contributed by atoms with Crippen molar-refractivity contribution in [3.05, 3.63) is 17.9 Å². The van der Waals surface area contributed by atoms with Crippen LogP contribution < -0.4 is 5.32 Å². The van der Waals surface area contributed by atoms with E-state index in [1.807, 2.05) is 32.5 Å². The van der Waals surface area contributed by atoms with Gasteiger partial charge in [-0.3, -0.25) is 0 Å². The molecule has 1 aromatic heterocycles. The van der Waals surface area contributed by atoms with Crippen LogP contribution in [0, 0.1) is 0 Å². The second kappa shape index (κ2) is 6.73. The van der Waals surface area contributed by atoms with Gasteiger partial charge in [0.05, 0.1) is 6.54 Å². The van der Waals surface area contributed by atoms with Crippen LogP contribution in [0.5, 0.6) is 0 Å². The summed E-state index contributed by atoms with van der Waals surface area (Å²) in [6.07, 6.45) is 0. The molecule has 7 heteroatoms. The zero-order valence-corrected chi connectivity index (χ0v) is 14.6. The molecule has 0 bridgehead atoms. The van der Waals surface area contributed by atoms with E-state index >= 15 is 0 Å². The highest BCUT2D eigenvalue weighted by atomic mass is 32.2. The number of hydrogen-bond acceptors (Lipinski definition) is 5. The molecule has 2 unspecified atom stereocenters. The van der Waals surface area contributed by atoms with Crippen molar-refractivity contribution in [2.75, 3.05) is 12.3 Å². The Morgan fingerprint density at radius 2 is 2.14 bits per heavy atom. The fourth-order valence-electron chi connectivity index (χ4n) is 2.26. The van der Waals surface area contributed by atoms with Gasteiger partial charge in [-0.25, -0.2) is 8.42 Å². The smallest absolute Gasteiger partial charge is 0.276 e. The van der Waals surface area contributed by atoms with Gasteiger partial charge < -0.3 is 9.73 Å². The standard InChI is InChI=1S/C14H24N2O3S2/c1-10(2)15-9-13-5-6-14(19-13)21(17,18)16-7-8-20-12(4)11(16)3/h5-6,10-12,15H,7-9H2,1-4H3. The Morgan fingerprint density at radius 1 is 1.43 bits per heavy atom. The second-order valence-corrected chi connectivity index (χ2v) is 9.00. The first kappa shape index (κ1) is 16.9. The van der Waals surface area contributed by atoms with Gasteiger partial charge >= 0.3 is 0 Å². The summed E-state index contributed by atoms with van der Waals surface area (Å²) < 4.78 is 32.5. The van der Waals surface area contributed by atoms with Crippen LogP contribution in [0.2, 0.25) is 0 Å². The molecule has 5 nitrogen and oxygen atoms in total. The van der Waals surface area contributed by atoms with E-state index in [4.69, 9.17) is 4.42 Å². The molecule has 1 aliphatic rings. The molecule has 1 saturated heterocycles. The molecule has 1 N–H and O–H groups in total. The van der Waals surface area contributed by atoms with Crippen molar-refractivity contribution in [2.45, 2.75) is 56.7 Å². The largest absolute Gasteiger partial charge is 0.447 e. The molecule has 2 heterocycles. The summed E-state index contributed by atoms with van der Waals surface area (Å²) in [6, 6.07) is 3.60. The van der Waals surface area contributed by atoms with Crippen molar-refractivity contribution in [2.24, 2.45) is 0 Å². The average Bonchev–Trinajstić information content (AvgIpc) is 2.89. The summed E-state index contributed by atoms with van der Waals surface area (Å²) in [5.41, 5.74) is 0. The molecule has 1 fully saturated rings. The average molecular weight is 332 g/mol. The van der Waals surface area contributed by atoms with Gasteiger partial charge in [0.2, 0.25) is 5.09 Å². The molecule has 0 aliphatic carbocycles. The van der Waals surface area contributed by atoms with Crippen LogP contribution in [0.1, 0.15) is 33.5 Å². The van der Waals surface area contributed by atoms with Crippen molar-refractivity contribution in [1.82, 2.24) is 9.62 Å². The molecule has 0 spiro atoms. The number of sulfonamides is 1. The van der Waals surface area contributed by atoms with E-state index < -0.39 is 10.0 Å². The molecule has 0 saturated carbocycles. The Balaban J connectivity index is 2.16. The van der Waals surface area contributed by atoms with E-state index in [9.17, 15) is 8.42 Å². The molecule has 2 rings (SSSR count). The lowest BCUT2D eigenvalue weighted by Crippen LogP contribution is -2.47. The van der Waals surface area contributed by atoms with E-state index in [0.717, 1.165) is 5.75 Å². The molecule has 0 amide bonds. The number of hydrogen-bond donors (Lipinski definition) is 1. The van der Waals surface area contributed by atoms with Crippen LogP contribution in [0.25, 0.3) is 0 Å². The maximum Gasteiger partial charge on any atom is 0.276 e. The molecule has 21 heavy (non-hydrogen) atoms. The Labute approximate surface area is 131 Å². The number of nitrogens with zero attached hydrogens (tertiary/aromatic N) is 1. The van der Waals surface area contributed by atoms with Gasteiger partial charge in [-0.2, -0.15) is 16.1 Å². The maximum absolute atomic E-state index is 12.7. The number of furan rings is 1. The quantitative estimate of drug-likeness (QED) is 0.896. The maximum atomic E-state index is 12.7. The van der Waals surface area contributed by atoms with E-state index in [1.165, 1.54) is 0 Å². The summed E-state index contributed by atoms with van der Waals surface area (Å²) in [7, 11) is -3.54. The predicted octanol–water partition coefficient (Wildman–Crippen LogP) is 2.29. The van der Waals surface area contributed by atoms with Crippen molar-refractivity contribution in [1.29, 1.82) is 0 Å². The van der Waals surface area contributed by atoms with E-state index in [1.54, 1.807) is 16.4 Å². The lowest BCUT2D eigenvalue weighted by atomic mass is 10.2. The monoisotopic (exact) mass is 332 g/mol. The normalized spacial score (nSPS) is 24.6. The summed E-state index contributed by atoms with van der Waals surface area (Å²) >= 11 is 1.81. The third-order valence-corrected chi connectivity index (χ3v) is 6.91. The zero-order chi connectivity index (χ0) is 15.6. The minimum Gasteiger partial charge on any atom is -0.447 e. The lowest BCUT2D eigenvalue weighted by molar-refractivity contribution is 0.319. The van der Waals surface area contributed by atoms with E-state index in [-0.39, 0.29) is 11.1 Å². The minimum atomic E-state index is -3.54. The third-order valence-electron chi connectivity index (χ3n) is 3.71. The van der Waals surface area contributed by atoms with E-state index in [0.29, 0.717) is 30.1 Å². The Bertz CT molecular complexity index is 569. The van der Waals surface area contributed by atoms with Gasteiger partial charge in [0.15, 0.2) is 0 Å². The van der Waals surface area contributed by atoms with E-state index in [2.05, 4.69) is 12.2 Å². The van der Waals surface area contributed by atoms with Crippen LogP contribution in [0.3, 0.4) is 0 Å². The lowest BCUT2D eigenvalue weighted by Gasteiger charge is -2.35. The highest BCUT2D eigenvalue weighted by molar-refractivity contribution is 8.00. The number of rotatable bonds is 5. The zero-order valence-electron chi connectivity index (χ0n) is 13.0. The van der Waals surface area contributed by atoms with Crippen LogP contribution in [-0.2, 0) is 16.6 Å². The first-order valence-corrected chi connectivity index (χ1v) is 9.77. The first-order valence-electron chi connectivity index (χ1n) is 7.28. The fraction of sp³-hybridized carbons (Fsp3) is 0.714. The molecular formula is C14H24N2O3S2. The first-order chi connectivity index (χ1) is 9.82. The fourth-order valence-corrected chi connectivity index (χ4v) is 5.18. The Morgan fingerprint density at radius 3 is 2.81 bits per heavy atom. The van der Waals surface area contributed by atoms with Crippen LogP contribution in [0.15, 0.2) is 21.6 Å². The highest BCUT2D eigenvalue weighted by Crippen LogP contribution is 2.30. The second-order valence-electron chi connectivity index (χ2n) is 5.69. The van der Waals surface area contributed by atoms with Gasteiger partial charge in [0.1, 0.15) is 5.76 Å². The Hall–Kier alpha value is -0.500. The molecule has 1 aromatic rings. The number of thioether (sulfide) groups is 1. The Kier molecular flexibility index (Phi) is 5.40. The number of nitrogens with one attached hydrogen (secondary N) is 1. The van der Waals surface area contributed by atoms with Crippen LogP contribution in [-0.4, -0.2) is 42.4 Å². The van der Waals surface area contributed by atoms with Gasteiger partial charge in [0.25, 0.3) is 10.0 Å². The van der Waals surface area contributed by atoms with Crippen molar-refractivity contribution in [3.8, 4) is 0 Å². The van der Waals surface area contributed by atoms with Gasteiger partial charge in [-0.15, -0.1) is 0 Å². The minimum absolute atomic E-state index is 0.0175. The van der Waals surface area contributed by atoms with Gasteiger partial charge in [0, 0.05) is 29.6 Å². The predicted molar refractivity (Wildman–Crippen MR) is 86.0 cm³/mol. The summed E-state index contributed by atoms with van der Waals surface area (Å²) in [4.78, 5) is 0. The summed E-state index contributed by atoms with van der Waals surface area (Å²) in [5.74, 6) is 1.47. The molecule has 2 atom stereocenters. The van der Waals surface area contributed by atoms with Gasteiger partial charge in [-0.05, 0) is 19.1 Å². The molecule has 120 valence electrons. The van der Waals surface area contributed by atoms with Crippen LogP contribution in [0.4, 0.5) is 0 Å². The van der Waals surface area contributed by atoms with Crippen molar-refractivity contribution < 1.29 is 12.8 Å². The molecule has 1 aliphatic heterocycles. The molecular weight excluding hydrogens is 308 g/mol. The van der Waals surface area contributed by atoms with Crippen molar-refractivity contribution >= 4 is 21.8 Å². The molecule has 0 aromatic carbocycles. The van der Waals surface area contributed by atoms with Gasteiger partial charge in [-0.1, -0.05) is 20.8 Å². The topological polar surface area (TPSA) is 62.6 Å². The third kappa shape index (κ3) is 3.83. The molecule has 0 radical (unpaired) electrons.